The van der Waals surface area contributed by atoms with Crippen molar-refractivity contribution in [2.45, 2.75) is 83.3 Å². The van der Waals surface area contributed by atoms with Gasteiger partial charge in [-0.15, -0.1) is 15.0 Å². The summed E-state index contributed by atoms with van der Waals surface area (Å²) in [5.74, 6) is 1.68. The average molecular weight is 813 g/mol. The van der Waals surface area contributed by atoms with Crippen LogP contribution in [0.1, 0.15) is 91.6 Å². The molecule has 1 aliphatic carbocycles. The van der Waals surface area contributed by atoms with Crippen LogP contribution < -0.4 is 0 Å². The standard InChI is InChI=1S/C54H52N8/c1-3-19-51-56-52-39(2)34-42(49-37-60(38-55-49)46-26-15-4-5-16-27-46)35-50(52)61(51)36-40-30-32-41(33-31-40)47-28-17-18-29-48(47)53-57-59-62(58-53)54(43-20-9-6-10-21-43,44-22-11-7-12-23-44)45-24-13-8-14-25-45/h6-14,17-18,20-25,28-35,37-38,46H,3-5,15-16,19,26-27,36H2,1-2H3. The van der Waals surface area contributed by atoms with Crippen molar-refractivity contribution in [3.05, 3.63) is 198 Å². The van der Waals surface area contributed by atoms with E-state index in [9.17, 15) is 0 Å². The first-order valence-electron chi connectivity index (χ1n) is 22.3. The lowest BCUT2D eigenvalue weighted by molar-refractivity contribution is 0.396. The monoisotopic (exact) mass is 812 g/mol. The lowest BCUT2D eigenvalue weighted by Crippen LogP contribution is -2.39. The molecule has 1 aliphatic rings. The Balaban J connectivity index is 0.982. The molecule has 0 aliphatic heterocycles. The van der Waals surface area contributed by atoms with Crippen LogP contribution in [0.25, 0.3) is 44.8 Å². The van der Waals surface area contributed by atoms with E-state index in [2.05, 4.69) is 163 Å². The van der Waals surface area contributed by atoms with Gasteiger partial charge in [-0.05, 0) is 82.5 Å². The number of hydrogen-bond acceptors (Lipinski definition) is 5. The first-order chi connectivity index (χ1) is 30.6. The average Bonchev–Trinajstić information content (AvgIpc) is 4.04. The van der Waals surface area contributed by atoms with Crippen LogP contribution in [0.3, 0.4) is 0 Å². The molecule has 0 bridgehead atoms. The van der Waals surface area contributed by atoms with E-state index in [1.54, 1.807) is 4.80 Å². The second-order valence-electron chi connectivity index (χ2n) is 16.8. The van der Waals surface area contributed by atoms with E-state index in [-0.39, 0.29) is 0 Å². The Labute approximate surface area is 364 Å². The maximum absolute atomic E-state index is 5.24. The molecule has 1 fully saturated rings. The zero-order valence-electron chi connectivity index (χ0n) is 35.6. The van der Waals surface area contributed by atoms with E-state index in [0.29, 0.717) is 11.9 Å². The lowest BCUT2D eigenvalue weighted by Gasteiger charge is -2.34. The summed E-state index contributed by atoms with van der Waals surface area (Å²) in [4.78, 5) is 12.0. The van der Waals surface area contributed by atoms with Crippen LogP contribution in [0.4, 0.5) is 0 Å². The van der Waals surface area contributed by atoms with Crippen LogP contribution >= 0.6 is 0 Å². The zero-order valence-corrected chi connectivity index (χ0v) is 35.6. The number of hydrogen-bond donors (Lipinski definition) is 0. The third-order valence-electron chi connectivity index (χ3n) is 12.8. The molecule has 0 unspecified atom stereocenters. The van der Waals surface area contributed by atoms with E-state index in [0.717, 1.165) is 80.9 Å². The molecule has 1 saturated carbocycles. The third kappa shape index (κ3) is 7.33. The number of rotatable bonds is 12. The minimum atomic E-state index is -0.852. The van der Waals surface area contributed by atoms with E-state index in [1.165, 1.54) is 49.7 Å². The molecule has 3 heterocycles. The van der Waals surface area contributed by atoms with Crippen molar-refractivity contribution < 1.29 is 0 Å². The predicted molar refractivity (Wildman–Crippen MR) is 249 cm³/mol. The summed E-state index contributed by atoms with van der Waals surface area (Å²) in [6.45, 7) is 5.14. The molecule has 308 valence electrons. The van der Waals surface area contributed by atoms with Crippen LogP contribution in [0, 0.1) is 6.92 Å². The van der Waals surface area contributed by atoms with Gasteiger partial charge in [-0.2, -0.15) is 0 Å². The first-order valence-corrected chi connectivity index (χ1v) is 22.3. The highest BCUT2D eigenvalue weighted by atomic mass is 15.6. The fourth-order valence-electron chi connectivity index (χ4n) is 9.67. The SMILES string of the molecule is CCCc1nc2c(C)cc(-c3cn(C4CCCCCC4)cn3)cc2n1Cc1ccc(-c2ccccc2-c2nnn(C(c3ccccc3)(c3ccccc3)c3ccccc3)n2)cc1. The van der Waals surface area contributed by atoms with Crippen LogP contribution in [-0.4, -0.2) is 39.3 Å². The minimum absolute atomic E-state index is 0.545. The maximum Gasteiger partial charge on any atom is 0.205 e. The Morgan fingerprint density at radius 3 is 1.90 bits per heavy atom. The third-order valence-corrected chi connectivity index (χ3v) is 12.8. The van der Waals surface area contributed by atoms with Gasteiger partial charge in [-0.1, -0.05) is 172 Å². The van der Waals surface area contributed by atoms with Crippen molar-refractivity contribution in [1.82, 2.24) is 39.3 Å². The summed E-state index contributed by atoms with van der Waals surface area (Å²) in [5, 5.41) is 14.9. The second-order valence-corrected chi connectivity index (χ2v) is 16.8. The Bertz CT molecular complexity index is 2800. The Kier molecular flexibility index (Phi) is 10.9. The number of aryl methyl sites for hydroxylation is 2. The fraction of sp³-hybridized carbons (Fsp3) is 0.241. The molecule has 9 aromatic rings. The van der Waals surface area contributed by atoms with Crippen LogP contribution in [0.5, 0.6) is 0 Å². The molecule has 0 saturated heterocycles. The number of aromatic nitrogens is 8. The van der Waals surface area contributed by atoms with Gasteiger partial charge in [0.15, 0.2) is 5.54 Å². The molecule has 8 nitrogen and oxygen atoms in total. The molecule has 10 rings (SSSR count). The molecule has 8 heteroatoms. The Morgan fingerprint density at radius 2 is 1.27 bits per heavy atom. The normalized spacial score (nSPS) is 13.7. The van der Waals surface area contributed by atoms with Gasteiger partial charge in [-0.3, -0.25) is 0 Å². The number of imidazole rings is 2. The molecule has 0 spiro atoms. The largest absolute Gasteiger partial charge is 0.334 e. The van der Waals surface area contributed by atoms with Crippen LogP contribution in [0.2, 0.25) is 0 Å². The molecular weight excluding hydrogens is 761 g/mol. The van der Waals surface area contributed by atoms with Gasteiger partial charge in [0, 0.05) is 36.3 Å². The summed E-state index contributed by atoms with van der Waals surface area (Å²) in [5.41, 5.74) is 12.2. The highest BCUT2D eigenvalue weighted by Crippen LogP contribution is 2.41. The summed E-state index contributed by atoms with van der Waals surface area (Å²) in [6.07, 6.45) is 14.0. The Morgan fingerprint density at radius 1 is 0.661 bits per heavy atom. The first kappa shape index (κ1) is 39.2. The smallest absolute Gasteiger partial charge is 0.205 e. The Hall–Kier alpha value is -6.93. The quantitative estimate of drug-likeness (QED) is 0.0907. The molecular formula is C54H52N8. The minimum Gasteiger partial charge on any atom is -0.334 e. The van der Waals surface area contributed by atoms with Gasteiger partial charge >= 0.3 is 0 Å². The van der Waals surface area contributed by atoms with E-state index in [1.807, 2.05) is 24.3 Å². The van der Waals surface area contributed by atoms with Crippen molar-refractivity contribution in [3.63, 3.8) is 0 Å². The maximum atomic E-state index is 5.24. The molecule has 0 N–H and O–H groups in total. The summed E-state index contributed by atoms with van der Waals surface area (Å²) >= 11 is 0. The number of nitrogens with zero attached hydrogens (tertiary/aromatic N) is 8. The number of fused-ring (bicyclic) bond motifs is 1. The lowest BCUT2D eigenvalue weighted by atomic mass is 9.77. The van der Waals surface area contributed by atoms with Crippen LogP contribution in [0.15, 0.2) is 164 Å². The summed E-state index contributed by atoms with van der Waals surface area (Å²) in [6, 6.07) is 53.8. The van der Waals surface area contributed by atoms with Gasteiger partial charge in [0.25, 0.3) is 0 Å². The van der Waals surface area contributed by atoms with E-state index >= 15 is 0 Å². The van der Waals surface area contributed by atoms with Crippen molar-refractivity contribution in [2.24, 2.45) is 0 Å². The topological polar surface area (TPSA) is 79.2 Å². The molecule has 62 heavy (non-hydrogen) atoms. The molecule has 0 radical (unpaired) electrons. The van der Waals surface area contributed by atoms with Gasteiger partial charge in [0.2, 0.25) is 5.82 Å². The number of benzene rings is 6. The van der Waals surface area contributed by atoms with E-state index in [4.69, 9.17) is 25.4 Å². The van der Waals surface area contributed by atoms with E-state index < -0.39 is 5.54 Å². The van der Waals surface area contributed by atoms with Crippen LogP contribution in [-0.2, 0) is 18.5 Å². The molecule has 3 aromatic heterocycles. The van der Waals surface area contributed by atoms with Crippen molar-refractivity contribution in [1.29, 1.82) is 0 Å². The number of tetrazole rings is 1. The van der Waals surface area contributed by atoms with Crippen molar-refractivity contribution >= 4 is 11.0 Å². The highest BCUT2D eigenvalue weighted by Gasteiger charge is 2.41. The predicted octanol–water partition coefficient (Wildman–Crippen LogP) is 12.3. The molecule has 6 aromatic carbocycles. The van der Waals surface area contributed by atoms with Gasteiger partial charge in [0.05, 0.1) is 23.1 Å². The zero-order chi connectivity index (χ0) is 41.9. The molecule has 0 amide bonds. The van der Waals surface area contributed by atoms with Crippen molar-refractivity contribution in [2.75, 3.05) is 0 Å². The second kappa shape index (κ2) is 17.2. The molecule has 0 atom stereocenters. The summed E-state index contributed by atoms with van der Waals surface area (Å²) < 4.78 is 4.78. The van der Waals surface area contributed by atoms with Gasteiger partial charge < -0.3 is 9.13 Å². The highest BCUT2D eigenvalue weighted by molar-refractivity contribution is 5.85. The van der Waals surface area contributed by atoms with Crippen molar-refractivity contribution in [3.8, 4) is 33.8 Å². The van der Waals surface area contributed by atoms with Gasteiger partial charge in [-0.25, -0.2) is 9.97 Å². The summed E-state index contributed by atoms with van der Waals surface area (Å²) in [7, 11) is 0. The van der Waals surface area contributed by atoms with Gasteiger partial charge in [0.1, 0.15) is 5.82 Å². The fourth-order valence-corrected chi connectivity index (χ4v) is 9.67.